The summed E-state index contributed by atoms with van der Waals surface area (Å²) in [5.41, 5.74) is 5.50. The maximum atomic E-state index is 12.6. The Labute approximate surface area is 171 Å². The van der Waals surface area contributed by atoms with Crippen LogP contribution < -0.4 is 15.5 Å². The van der Waals surface area contributed by atoms with E-state index in [0.717, 1.165) is 30.0 Å². The van der Waals surface area contributed by atoms with Gasteiger partial charge in [-0.2, -0.15) is 0 Å². The first-order valence-electron chi connectivity index (χ1n) is 9.93. The smallest absolute Gasteiger partial charge is 0.274 e. The van der Waals surface area contributed by atoms with Gasteiger partial charge in [0.2, 0.25) is 5.95 Å². The molecule has 1 aromatic heterocycles. The Morgan fingerprint density at radius 1 is 1.00 bits per heavy atom. The van der Waals surface area contributed by atoms with Crippen LogP contribution in [-0.2, 0) is 0 Å². The summed E-state index contributed by atoms with van der Waals surface area (Å²) in [6.07, 6.45) is 4.07. The van der Waals surface area contributed by atoms with Crippen LogP contribution in [0.3, 0.4) is 0 Å². The number of nitrogens with zero attached hydrogens (tertiary/aromatic N) is 3. The molecule has 0 saturated carbocycles. The third-order valence-electron chi connectivity index (χ3n) is 5.34. The summed E-state index contributed by atoms with van der Waals surface area (Å²) in [7, 11) is 0. The zero-order valence-corrected chi connectivity index (χ0v) is 16.8. The van der Waals surface area contributed by atoms with Gasteiger partial charge in [-0.15, -0.1) is 0 Å². The molecule has 1 saturated heterocycles. The maximum absolute atomic E-state index is 12.6. The first-order chi connectivity index (χ1) is 14.1. The summed E-state index contributed by atoms with van der Waals surface area (Å²) in [5.74, 6) is 0.140. The molecule has 0 aliphatic carbocycles. The molecule has 1 aliphatic heterocycles. The molecule has 6 nitrogen and oxygen atoms in total. The number of hydrogen-bond acceptors (Lipinski definition) is 5. The van der Waals surface area contributed by atoms with Gasteiger partial charge in [0.1, 0.15) is 5.69 Å². The van der Waals surface area contributed by atoms with Gasteiger partial charge >= 0.3 is 0 Å². The molecule has 6 heteroatoms. The molecule has 29 heavy (non-hydrogen) atoms. The van der Waals surface area contributed by atoms with Gasteiger partial charge in [-0.3, -0.25) is 4.79 Å². The highest BCUT2D eigenvalue weighted by molar-refractivity contribution is 6.03. The van der Waals surface area contributed by atoms with Crippen LogP contribution in [0.4, 0.5) is 23.0 Å². The van der Waals surface area contributed by atoms with Crippen LogP contribution >= 0.6 is 0 Å². The zero-order valence-electron chi connectivity index (χ0n) is 16.8. The molecule has 2 aromatic carbocycles. The van der Waals surface area contributed by atoms with Crippen molar-refractivity contribution in [3.05, 3.63) is 71.5 Å². The number of benzene rings is 2. The lowest BCUT2D eigenvalue weighted by atomic mass is 10.1. The molecule has 1 amide bonds. The molecule has 4 rings (SSSR count). The number of amides is 1. The number of aryl methyl sites for hydroxylation is 1. The van der Waals surface area contributed by atoms with Crippen molar-refractivity contribution in [3.8, 4) is 0 Å². The van der Waals surface area contributed by atoms with E-state index < -0.39 is 0 Å². The monoisotopic (exact) mass is 387 g/mol. The fraction of sp³-hybridized carbons (Fsp3) is 0.261. The minimum atomic E-state index is -0.259. The topological polar surface area (TPSA) is 70.2 Å². The summed E-state index contributed by atoms with van der Waals surface area (Å²) >= 11 is 0. The number of aromatic nitrogens is 2. The Morgan fingerprint density at radius 2 is 1.76 bits per heavy atom. The predicted molar refractivity (Wildman–Crippen MR) is 117 cm³/mol. The van der Waals surface area contributed by atoms with Crippen LogP contribution in [0.25, 0.3) is 0 Å². The van der Waals surface area contributed by atoms with Crippen molar-refractivity contribution in [2.75, 3.05) is 28.6 Å². The molecule has 1 fully saturated rings. The van der Waals surface area contributed by atoms with Crippen LogP contribution in [0.2, 0.25) is 0 Å². The fourth-order valence-corrected chi connectivity index (χ4v) is 3.48. The van der Waals surface area contributed by atoms with E-state index >= 15 is 0 Å². The summed E-state index contributed by atoms with van der Waals surface area (Å²) < 4.78 is 0. The van der Waals surface area contributed by atoms with Crippen LogP contribution in [0.15, 0.2) is 54.7 Å². The number of carbonyl (C=O) groups excluding carboxylic acids is 1. The van der Waals surface area contributed by atoms with Gasteiger partial charge in [0, 0.05) is 36.3 Å². The minimum absolute atomic E-state index is 0.259. The zero-order chi connectivity index (χ0) is 20.2. The number of rotatable bonds is 5. The molecule has 148 valence electrons. The van der Waals surface area contributed by atoms with Gasteiger partial charge in [-0.25, -0.2) is 9.97 Å². The molecular formula is C23H25N5O. The van der Waals surface area contributed by atoms with Crippen LogP contribution in [0.1, 0.15) is 34.5 Å². The van der Waals surface area contributed by atoms with Gasteiger partial charge in [0.05, 0.1) is 0 Å². The van der Waals surface area contributed by atoms with E-state index in [4.69, 9.17) is 0 Å². The Kier molecular flexibility index (Phi) is 5.42. The van der Waals surface area contributed by atoms with E-state index in [2.05, 4.69) is 50.6 Å². The van der Waals surface area contributed by atoms with Crippen LogP contribution in [-0.4, -0.2) is 29.0 Å². The molecule has 0 atom stereocenters. The van der Waals surface area contributed by atoms with Crippen LogP contribution in [0.5, 0.6) is 0 Å². The van der Waals surface area contributed by atoms with E-state index in [1.807, 2.05) is 31.2 Å². The van der Waals surface area contributed by atoms with Gasteiger partial charge in [0.25, 0.3) is 5.91 Å². The van der Waals surface area contributed by atoms with Crippen LogP contribution in [0, 0.1) is 13.8 Å². The Morgan fingerprint density at radius 3 is 2.52 bits per heavy atom. The van der Waals surface area contributed by atoms with E-state index in [9.17, 15) is 4.79 Å². The van der Waals surface area contributed by atoms with Gasteiger partial charge in [-0.05, 0) is 74.2 Å². The van der Waals surface area contributed by atoms with Crippen molar-refractivity contribution < 1.29 is 4.79 Å². The Balaban J connectivity index is 1.45. The quantitative estimate of drug-likeness (QED) is 0.665. The average molecular weight is 387 g/mol. The standard InChI is InChI=1S/C23H25N5O/c1-16-6-5-7-20(17(16)2)26-23-24-13-12-21(27-23)22(29)25-18-8-10-19(11-9-18)28-14-3-4-15-28/h5-13H,3-4,14-15H2,1-2H3,(H,25,29)(H,24,26,27). The Hall–Kier alpha value is -3.41. The lowest BCUT2D eigenvalue weighted by molar-refractivity contribution is 0.102. The fourth-order valence-electron chi connectivity index (χ4n) is 3.48. The summed E-state index contributed by atoms with van der Waals surface area (Å²) in [5, 5.41) is 6.12. The number of carbonyl (C=O) groups is 1. The molecule has 0 bridgehead atoms. The van der Waals surface area contributed by atoms with Crippen molar-refractivity contribution in [1.82, 2.24) is 9.97 Å². The number of anilines is 4. The minimum Gasteiger partial charge on any atom is -0.372 e. The van der Waals surface area contributed by atoms with E-state index in [1.54, 1.807) is 12.3 Å². The second-order valence-corrected chi connectivity index (χ2v) is 7.33. The van der Waals surface area contributed by atoms with Gasteiger partial charge in [-0.1, -0.05) is 12.1 Å². The van der Waals surface area contributed by atoms with Crippen molar-refractivity contribution in [2.45, 2.75) is 26.7 Å². The number of nitrogens with one attached hydrogen (secondary N) is 2. The Bertz CT molecular complexity index is 1010. The van der Waals surface area contributed by atoms with Crippen molar-refractivity contribution >= 4 is 28.9 Å². The molecule has 2 heterocycles. The molecule has 2 N–H and O–H groups in total. The van der Waals surface area contributed by atoms with Gasteiger partial charge in [0.15, 0.2) is 0 Å². The third kappa shape index (κ3) is 4.37. The maximum Gasteiger partial charge on any atom is 0.274 e. The lowest BCUT2D eigenvalue weighted by Crippen LogP contribution is -2.18. The molecular weight excluding hydrogens is 362 g/mol. The molecule has 0 spiro atoms. The summed E-state index contributed by atoms with van der Waals surface area (Å²) in [6.45, 7) is 6.30. The van der Waals surface area contributed by atoms with E-state index in [0.29, 0.717) is 11.6 Å². The largest absolute Gasteiger partial charge is 0.372 e. The van der Waals surface area contributed by atoms with Crippen molar-refractivity contribution in [2.24, 2.45) is 0 Å². The van der Waals surface area contributed by atoms with Crippen molar-refractivity contribution in [1.29, 1.82) is 0 Å². The van der Waals surface area contributed by atoms with E-state index in [1.165, 1.54) is 24.1 Å². The second kappa shape index (κ2) is 8.31. The SMILES string of the molecule is Cc1cccc(Nc2nccc(C(=O)Nc3ccc(N4CCCC4)cc3)n2)c1C. The highest BCUT2D eigenvalue weighted by Crippen LogP contribution is 2.23. The second-order valence-electron chi connectivity index (χ2n) is 7.33. The molecule has 1 aliphatic rings. The highest BCUT2D eigenvalue weighted by Gasteiger charge is 2.13. The molecule has 0 radical (unpaired) electrons. The van der Waals surface area contributed by atoms with E-state index in [-0.39, 0.29) is 5.91 Å². The molecule has 3 aromatic rings. The van der Waals surface area contributed by atoms with Gasteiger partial charge < -0.3 is 15.5 Å². The highest BCUT2D eigenvalue weighted by atomic mass is 16.1. The summed E-state index contributed by atoms with van der Waals surface area (Å²) in [4.78, 5) is 23.6. The van der Waals surface area contributed by atoms with Crippen molar-refractivity contribution in [3.63, 3.8) is 0 Å². The third-order valence-corrected chi connectivity index (χ3v) is 5.34. The average Bonchev–Trinajstić information content (AvgIpc) is 3.27. The normalized spacial score (nSPS) is 13.4. The lowest BCUT2D eigenvalue weighted by Gasteiger charge is -2.17. The number of hydrogen-bond donors (Lipinski definition) is 2. The summed E-state index contributed by atoms with van der Waals surface area (Å²) in [6, 6.07) is 15.6. The predicted octanol–water partition coefficient (Wildman–Crippen LogP) is 4.69. The first-order valence-corrected chi connectivity index (χ1v) is 9.93. The molecule has 0 unspecified atom stereocenters. The first kappa shape index (κ1) is 18.9.